The van der Waals surface area contributed by atoms with Gasteiger partial charge in [0, 0.05) is 19.1 Å². The molecule has 0 bridgehead atoms. The van der Waals surface area contributed by atoms with Crippen LogP contribution in [0.15, 0.2) is 11.1 Å². The summed E-state index contributed by atoms with van der Waals surface area (Å²) < 4.78 is 21.5. The minimum Gasteiger partial charge on any atom is -0.360 e. The smallest absolute Gasteiger partial charge is 0.145 e. The molecule has 2 aliphatic rings. The van der Waals surface area contributed by atoms with Crippen LogP contribution < -0.4 is 0 Å². The van der Waals surface area contributed by atoms with Crippen molar-refractivity contribution in [2.75, 3.05) is 13.1 Å². The molecule has 2 nitrogen and oxygen atoms in total. The highest BCUT2D eigenvalue weighted by Gasteiger charge is 2.54. The summed E-state index contributed by atoms with van der Waals surface area (Å²) >= 11 is 0. The van der Waals surface area contributed by atoms with E-state index in [-0.39, 0.29) is 6.10 Å². The van der Waals surface area contributed by atoms with Crippen molar-refractivity contribution in [3.05, 3.63) is 11.1 Å². The van der Waals surface area contributed by atoms with Gasteiger partial charge in [0.2, 0.25) is 0 Å². The van der Waals surface area contributed by atoms with E-state index in [9.17, 15) is 0 Å². The van der Waals surface area contributed by atoms with E-state index in [1.165, 1.54) is 11.1 Å². The van der Waals surface area contributed by atoms with Crippen LogP contribution in [0.1, 0.15) is 54.9 Å². The fourth-order valence-electron chi connectivity index (χ4n) is 4.32. The Morgan fingerprint density at radius 3 is 2.19 bits per heavy atom. The SMILES string of the molecule is CC(C)C1=C(C(C)C)[C@]2(CCN(C(C)C)C[C@H]2F)O[C@H]1C. The number of alkyl halides is 1. The highest BCUT2D eigenvalue weighted by atomic mass is 19.1. The maximum Gasteiger partial charge on any atom is 0.145 e. The molecule has 0 amide bonds. The summed E-state index contributed by atoms with van der Waals surface area (Å²) in [5, 5.41) is 0. The first kappa shape index (κ1) is 17.0. The van der Waals surface area contributed by atoms with Crippen molar-refractivity contribution in [2.45, 2.75) is 78.8 Å². The molecule has 0 aromatic carbocycles. The van der Waals surface area contributed by atoms with Crippen LogP contribution in [0.3, 0.4) is 0 Å². The van der Waals surface area contributed by atoms with E-state index in [1.807, 2.05) is 0 Å². The van der Waals surface area contributed by atoms with E-state index < -0.39 is 11.8 Å². The van der Waals surface area contributed by atoms with Crippen LogP contribution in [0.2, 0.25) is 0 Å². The van der Waals surface area contributed by atoms with Crippen molar-refractivity contribution in [3.8, 4) is 0 Å². The predicted octanol–water partition coefficient (Wildman–Crippen LogP) is 4.20. The molecule has 3 heteroatoms. The minimum atomic E-state index is -0.926. The number of ether oxygens (including phenoxy) is 1. The Morgan fingerprint density at radius 1 is 1.14 bits per heavy atom. The lowest BCUT2D eigenvalue weighted by molar-refractivity contribution is -0.116. The zero-order valence-electron chi connectivity index (χ0n) is 14.7. The topological polar surface area (TPSA) is 12.5 Å². The summed E-state index contributed by atoms with van der Waals surface area (Å²) in [6.07, 6.45) is -0.101. The Hall–Kier alpha value is -0.410. The molecular weight excluding hydrogens is 265 g/mol. The lowest BCUT2D eigenvalue weighted by Crippen LogP contribution is -2.57. The molecule has 3 atom stereocenters. The number of halogens is 1. The second-order valence-corrected chi connectivity index (χ2v) is 7.63. The third kappa shape index (κ3) is 2.79. The Kier molecular flexibility index (Phi) is 4.84. The molecule has 0 aromatic rings. The maximum atomic E-state index is 15.2. The van der Waals surface area contributed by atoms with E-state index >= 15 is 4.39 Å². The Bertz CT molecular complexity index is 415. The third-order valence-electron chi connectivity index (χ3n) is 5.19. The van der Waals surface area contributed by atoms with Crippen molar-refractivity contribution in [1.29, 1.82) is 0 Å². The van der Waals surface area contributed by atoms with Gasteiger partial charge in [-0.1, -0.05) is 27.7 Å². The highest BCUT2D eigenvalue weighted by Crippen LogP contribution is 2.49. The number of hydrogen-bond acceptors (Lipinski definition) is 2. The first-order valence-electron chi connectivity index (χ1n) is 8.51. The van der Waals surface area contributed by atoms with Crippen molar-refractivity contribution in [2.24, 2.45) is 11.8 Å². The van der Waals surface area contributed by atoms with Gasteiger partial charge >= 0.3 is 0 Å². The summed E-state index contributed by atoms with van der Waals surface area (Å²) in [6.45, 7) is 16.6. The molecule has 1 saturated heterocycles. The monoisotopic (exact) mass is 297 g/mol. The van der Waals surface area contributed by atoms with Crippen molar-refractivity contribution in [3.63, 3.8) is 0 Å². The van der Waals surface area contributed by atoms with Crippen LogP contribution >= 0.6 is 0 Å². The second-order valence-electron chi connectivity index (χ2n) is 7.63. The van der Waals surface area contributed by atoms with Crippen molar-refractivity contribution < 1.29 is 9.13 Å². The van der Waals surface area contributed by atoms with E-state index in [2.05, 4.69) is 53.4 Å². The van der Waals surface area contributed by atoms with Crippen LogP contribution in [0.5, 0.6) is 0 Å². The second kappa shape index (κ2) is 6.00. The van der Waals surface area contributed by atoms with Crippen LogP contribution in [0, 0.1) is 11.8 Å². The molecule has 0 N–H and O–H groups in total. The lowest BCUT2D eigenvalue weighted by atomic mass is 9.75. The largest absolute Gasteiger partial charge is 0.360 e. The van der Waals surface area contributed by atoms with Gasteiger partial charge < -0.3 is 4.74 Å². The Morgan fingerprint density at radius 2 is 1.76 bits per heavy atom. The molecule has 2 aliphatic heterocycles. The van der Waals surface area contributed by atoms with Gasteiger partial charge in [-0.15, -0.1) is 0 Å². The molecule has 2 heterocycles. The van der Waals surface area contributed by atoms with Gasteiger partial charge in [0.25, 0.3) is 0 Å². The van der Waals surface area contributed by atoms with Crippen LogP contribution in [0.25, 0.3) is 0 Å². The first-order chi connectivity index (χ1) is 9.70. The molecule has 0 saturated carbocycles. The molecule has 0 aromatic heterocycles. The van der Waals surface area contributed by atoms with Gasteiger partial charge in [-0.05, 0) is 50.2 Å². The van der Waals surface area contributed by atoms with Crippen LogP contribution in [-0.2, 0) is 4.74 Å². The minimum absolute atomic E-state index is 0.0475. The fraction of sp³-hybridized carbons (Fsp3) is 0.889. The van der Waals surface area contributed by atoms with Gasteiger partial charge in [-0.2, -0.15) is 0 Å². The maximum absolute atomic E-state index is 15.2. The quantitative estimate of drug-likeness (QED) is 0.724. The van der Waals surface area contributed by atoms with Crippen LogP contribution in [-0.4, -0.2) is 41.9 Å². The van der Waals surface area contributed by atoms with E-state index in [4.69, 9.17) is 4.74 Å². The summed E-state index contributed by atoms with van der Waals surface area (Å²) in [4.78, 5) is 2.23. The van der Waals surface area contributed by atoms with E-state index in [1.54, 1.807) is 0 Å². The molecule has 122 valence electrons. The number of likely N-dealkylation sites (tertiary alicyclic amines) is 1. The van der Waals surface area contributed by atoms with Gasteiger partial charge in [0.1, 0.15) is 11.8 Å². The molecule has 2 rings (SSSR count). The summed E-state index contributed by atoms with van der Waals surface area (Å²) in [6, 6.07) is 0.399. The number of nitrogens with zero attached hydrogens (tertiary/aromatic N) is 1. The van der Waals surface area contributed by atoms with Gasteiger partial charge in [0.05, 0.1) is 6.10 Å². The average Bonchev–Trinajstić information content (AvgIpc) is 2.66. The number of piperidine rings is 1. The Balaban J connectivity index is 2.39. The predicted molar refractivity (Wildman–Crippen MR) is 86.2 cm³/mol. The number of rotatable bonds is 3. The molecule has 0 aliphatic carbocycles. The number of hydrogen-bond donors (Lipinski definition) is 0. The zero-order valence-corrected chi connectivity index (χ0v) is 14.7. The van der Waals surface area contributed by atoms with Gasteiger partial charge in [-0.3, -0.25) is 4.90 Å². The molecule has 0 radical (unpaired) electrons. The Labute approximate surface area is 129 Å². The summed E-state index contributed by atoms with van der Waals surface area (Å²) in [5.74, 6) is 0.767. The van der Waals surface area contributed by atoms with Gasteiger partial charge in [-0.25, -0.2) is 4.39 Å². The van der Waals surface area contributed by atoms with Gasteiger partial charge in [0.15, 0.2) is 0 Å². The van der Waals surface area contributed by atoms with E-state index in [0.29, 0.717) is 24.4 Å². The molecular formula is C18H32FNO. The average molecular weight is 297 g/mol. The summed E-state index contributed by atoms with van der Waals surface area (Å²) in [7, 11) is 0. The van der Waals surface area contributed by atoms with E-state index in [0.717, 1.165) is 13.0 Å². The lowest BCUT2D eigenvalue weighted by Gasteiger charge is -2.45. The summed E-state index contributed by atoms with van der Waals surface area (Å²) in [5.41, 5.74) is 1.92. The molecule has 1 spiro atoms. The molecule has 1 fully saturated rings. The third-order valence-corrected chi connectivity index (χ3v) is 5.19. The van der Waals surface area contributed by atoms with Crippen molar-refractivity contribution >= 4 is 0 Å². The van der Waals surface area contributed by atoms with Crippen LogP contribution in [0.4, 0.5) is 4.39 Å². The molecule has 21 heavy (non-hydrogen) atoms. The normalized spacial score (nSPS) is 35.0. The highest BCUT2D eigenvalue weighted by molar-refractivity contribution is 5.37. The zero-order chi connectivity index (χ0) is 15.9. The fourth-order valence-corrected chi connectivity index (χ4v) is 4.32. The van der Waals surface area contributed by atoms with Crippen molar-refractivity contribution in [1.82, 2.24) is 4.90 Å². The molecule has 0 unspecified atom stereocenters. The first-order valence-corrected chi connectivity index (χ1v) is 8.51. The standard InChI is InChI=1S/C18H32FNO/c1-11(2)16-14(7)21-18(17(16)12(3)4)8-9-20(13(5)6)10-15(18)19/h11-15H,8-10H2,1-7H3/t14-,15+,18+/m0/s1.